The number of carboxylic acids is 1. The molecular weight excluding hydrogens is 232 g/mol. The second kappa shape index (κ2) is 4.31. The van der Waals surface area contributed by atoms with Crippen molar-refractivity contribution in [2.24, 2.45) is 0 Å². The van der Waals surface area contributed by atoms with Crippen molar-refractivity contribution < 1.29 is 18.3 Å². The molecule has 0 aliphatic rings. The molecule has 16 heavy (non-hydrogen) atoms. The van der Waals surface area contributed by atoms with E-state index in [-0.39, 0.29) is 0 Å². The molecule has 0 spiro atoms. The summed E-state index contributed by atoms with van der Waals surface area (Å²) in [6, 6.07) is 0. The third kappa shape index (κ3) is 3.73. The summed E-state index contributed by atoms with van der Waals surface area (Å²) >= 11 is 0. The Morgan fingerprint density at radius 2 is 1.56 bits per heavy atom. The number of likely N-dealkylation sites (N-methyl/N-ethyl adjacent to an activating group) is 1. The highest BCUT2D eigenvalue weighted by molar-refractivity contribution is 7.87. The Morgan fingerprint density at radius 1 is 1.19 bits per heavy atom. The second-order valence-corrected chi connectivity index (χ2v) is 6.89. The topological polar surface area (TPSA) is 86.7 Å². The van der Waals surface area contributed by atoms with Crippen LogP contribution in [0.5, 0.6) is 0 Å². The zero-order chi connectivity index (χ0) is 13.4. The monoisotopic (exact) mass is 252 g/mol. The first-order chi connectivity index (χ1) is 6.81. The van der Waals surface area contributed by atoms with Crippen molar-refractivity contribution in [2.45, 2.75) is 45.7 Å². The molecule has 6 nitrogen and oxygen atoms in total. The van der Waals surface area contributed by atoms with Gasteiger partial charge in [-0.3, -0.25) is 4.79 Å². The molecule has 0 bridgehead atoms. The van der Waals surface area contributed by atoms with Crippen LogP contribution in [-0.2, 0) is 15.0 Å². The smallest absolute Gasteiger partial charge is 0.324 e. The maximum Gasteiger partial charge on any atom is 0.324 e. The highest BCUT2D eigenvalue weighted by Crippen LogP contribution is 2.17. The van der Waals surface area contributed by atoms with Crippen LogP contribution in [0.1, 0.15) is 34.6 Å². The molecule has 0 unspecified atom stereocenters. The molecular formula is C9H20N2O4S. The van der Waals surface area contributed by atoms with Gasteiger partial charge < -0.3 is 5.11 Å². The van der Waals surface area contributed by atoms with Crippen LogP contribution in [0.25, 0.3) is 0 Å². The van der Waals surface area contributed by atoms with E-state index in [1.165, 1.54) is 20.9 Å². The van der Waals surface area contributed by atoms with Crippen molar-refractivity contribution in [1.29, 1.82) is 0 Å². The molecule has 0 aliphatic carbocycles. The number of hydrogen-bond acceptors (Lipinski definition) is 3. The molecule has 0 saturated carbocycles. The Hall–Kier alpha value is -0.660. The second-order valence-electron chi connectivity index (χ2n) is 5.19. The zero-order valence-electron chi connectivity index (χ0n) is 10.5. The van der Waals surface area contributed by atoms with Crippen LogP contribution in [0.4, 0.5) is 0 Å². The summed E-state index contributed by atoms with van der Waals surface area (Å²) in [6.07, 6.45) is 0. The van der Waals surface area contributed by atoms with Gasteiger partial charge in [0.25, 0.3) is 10.2 Å². The molecule has 0 amide bonds. The highest BCUT2D eigenvalue weighted by atomic mass is 32.2. The quantitative estimate of drug-likeness (QED) is 0.759. The molecule has 0 aliphatic heterocycles. The minimum absolute atomic E-state index is 0.651. The zero-order valence-corrected chi connectivity index (χ0v) is 11.3. The molecule has 0 heterocycles. The Labute approximate surface area is 96.8 Å². The molecule has 0 aromatic carbocycles. The fraction of sp³-hybridized carbons (Fsp3) is 0.889. The van der Waals surface area contributed by atoms with E-state index in [9.17, 15) is 13.2 Å². The lowest BCUT2D eigenvalue weighted by atomic mass is 10.1. The standard InChI is InChI=1S/C9H20N2O4S/c1-8(2,3)10-16(14,15)11(6)9(4,5)7(12)13/h10H,1-6H3,(H,12,13). The predicted octanol–water partition coefficient (Wildman–Crippen LogP) is 0.414. The minimum atomic E-state index is -3.82. The summed E-state index contributed by atoms with van der Waals surface area (Å²) in [4.78, 5) is 10.9. The summed E-state index contributed by atoms with van der Waals surface area (Å²) in [5.74, 6) is -1.20. The molecule has 0 radical (unpaired) electrons. The van der Waals surface area contributed by atoms with Crippen LogP contribution in [0, 0.1) is 0 Å². The molecule has 2 N–H and O–H groups in total. The summed E-state index contributed by atoms with van der Waals surface area (Å²) in [5.41, 5.74) is -2.14. The van der Waals surface area contributed by atoms with Crippen LogP contribution in [-0.4, -0.2) is 41.9 Å². The number of rotatable bonds is 4. The van der Waals surface area contributed by atoms with Gasteiger partial charge in [-0.1, -0.05) is 0 Å². The van der Waals surface area contributed by atoms with Gasteiger partial charge >= 0.3 is 5.97 Å². The molecule has 0 rings (SSSR count). The van der Waals surface area contributed by atoms with E-state index in [0.717, 1.165) is 4.31 Å². The first-order valence-electron chi connectivity index (χ1n) is 4.82. The molecule has 0 aromatic heterocycles. The number of hydrogen-bond donors (Lipinski definition) is 2. The predicted molar refractivity (Wildman–Crippen MR) is 61.3 cm³/mol. The first-order valence-corrected chi connectivity index (χ1v) is 6.26. The van der Waals surface area contributed by atoms with Gasteiger partial charge in [0, 0.05) is 12.6 Å². The lowest BCUT2D eigenvalue weighted by Gasteiger charge is -2.33. The van der Waals surface area contributed by atoms with E-state index in [1.54, 1.807) is 20.8 Å². The normalized spacial score (nSPS) is 14.2. The van der Waals surface area contributed by atoms with Crippen LogP contribution >= 0.6 is 0 Å². The molecule has 0 atom stereocenters. The minimum Gasteiger partial charge on any atom is -0.480 e. The molecule has 0 aromatic rings. The van der Waals surface area contributed by atoms with Crippen molar-refractivity contribution >= 4 is 16.2 Å². The van der Waals surface area contributed by atoms with Gasteiger partial charge in [-0.05, 0) is 34.6 Å². The maximum absolute atomic E-state index is 11.8. The number of aliphatic carboxylic acids is 1. The van der Waals surface area contributed by atoms with Crippen LogP contribution in [0.15, 0.2) is 0 Å². The molecule has 96 valence electrons. The van der Waals surface area contributed by atoms with Crippen molar-refractivity contribution in [2.75, 3.05) is 7.05 Å². The van der Waals surface area contributed by atoms with Gasteiger partial charge in [0.1, 0.15) is 5.54 Å². The lowest BCUT2D eigenvalue weighted by Crippen LogP contribution is -2.57. The molecule has 0 saturated heterocycles. The van der Waals surface area contributed by atoms with E-state index in [1.807, 2.05) is 0 Å². The Kier molecular flexibility index (Phi) is 4.13. The van der Waals surface area contributed by atoms with Crippen molar-refractivity contribution in [3.05, 3.63) is 0 Å². The summed E-state index contributed by atoms with van der Waals surface area (Å²) < 4.78 is 26.9. The number of carbonyl (C=O) groups is 1. The summed E-state index contributed by atoms with van der Waals surface area (Å²) in [7, 11) is -2.58. The van der Waals surface area contributed by atoms with Gasteiger partial charge in [0.2, 0.25) is 0 Å². The van der Waals surface area contributed by atoms with Crippen molar-refractivity contribution in [3.63, 3.8) is 0 Å². The summed E-state index contributed by atoms with van der Waals surface area (Å²) in [5, 5.41) is 8.94. The van der Waals surface area contributed by atoms with Crippen LogP contribution in [0.2, 0.25) is 0 Å². The Bertz CT molecular complexity index is 367. The number of nitrogens with one attached hydrogen (secondary N) is 1. The largest absolute Gasteiger partial charge is 0.480 e. The van der Waals surface area contributed by atoms with Crippen molar-refractivity contribution in [3.8, 4) is 0 Å². The van der Waals surface area contributed by atoms with E-state index in [4.69, 9.17) is 5.11 Å². The third-order valence-electron chi connectivity index (χ3n) is 2.11. The van der Waals surface area contributed by atoms with Crippen molar-refractivity contribution in [1.82, 2.24) is 9.03 Å². The van der Waals surface area contributed by atoms with Gasteiger partial charge in [0.05, 0.1) is 0 Å². The van der Waals surface area contributed by atoms with E-state index in [2.05, 4.69) is 4.72 Å². The van der Waals surface area contributed by atoms with Crippen LogP contribution in [0.3, 0.4) is 0 Å². The molecule has 7 heteroatoms. The average Bonchev–Trinajstić information content (AvgIpc) is 1.97. The Balaban J connectivity index is 5.14. The van der Waals surface area contributed by atoms with E-state index >= 15 is 0 Å². The number of nitrogens with zero attached hydrogens (tertiary/aromatic N) is 1. The average molecular weight is 252 g/mol. The third-order valence-corrected chi connectivity index (χ3v) is 4.15. The Morgan fingerprint density at radius 3 is 1.81 bits per heavy atom. The number of carboxylic acid groups (broad SMARTS) is 1. The fourth-order valence-corrected chi connectivity index (χ4v) is 2.48. The summed E-state index contributed by atoms with van der Waals surface area (Å²) in [6.45, 7) is 7.72. The lowest BCUT2D eigenvalue weighted by molar-refractivity contribution is -0.146. The van der Waals surface area contributed by atoms with Gasteiger partial charge in [-0.2, -0.15) is 17.4 Å². The van der Waals surface area contributed by atoms with Gasteiger partial charge in [-0.15, -0.1) is 0 Å². The highest BCUT2D eigenvalue weighted by Gasteiger charge is 2.40. The molecule has 0 fully saturated rings. The van der Waals surface area contributed by atoms with Gasteiger partial charge in [-0.25, -0.2) is 0 Å². The van der Waals surface area contributed by atoms with E-state index < -0.39 is 27.3 Å². The SMILES string of the molecule is CN(C(C)(C)C(=O)O)S(=O)(=O)NC(C)(C)C. The first kappa shape index (κ1) is 15.3. The van der Waals surface area contributed by atoms with Gasteiger partial charge in [0.15, 0.2) is 0 Å². The maximum atomic E-state index is 11.8. The van der Waals surface area contributed by atoms with E-state index in [0.29, 0.717) is 0 Å². The van der Waals surface area contributed by atoms with Crippen LogP contribution < -0.4 is 4.72 Å². The fourth-order valence-electron chi connectivity index (χ4n) is 0.891.